The molecular formula is C12H13BrClN3. The van der Waals surface area contributed by atoms with Crippen LogP contribution in [0.4, 0.5) is 5.69 Å². The van der Waals surface area contributed by atoms with Crippen molar-refractivity contribution >= 4 is 44.1 Å². The summed E-state index contributed by atoms with van der Waals surface area (Å²) in [6.07, 6.45) is 0. The number of halogens is 2. The van der Waals surface area contributed by atoms with Crippen LogP contribution in [0.5, 0.6) is 0 Å². The number of hydrogen-bond acceptors (Lipinski definition) is 3. The number of benzene rings is 1. The van der Waals surface area contributed by atoms with Gasteiger partial charge in [0.15, 0.2) is 0 Å². The van der Waals surface area contributed by atoms with E-state index in [9.17, 15) is 0 Å². The molecule has 3 N–H and O–H groups in total. The van der Waals surface area contributed by atoms with E-state index in [1.165, 1.54) is 0 Å². The quantitative estimate of drug-likeness (QED) is 0.649. The molecule has 0 aliphatic heterocycles. The van der Waals surface area contributed by atoms with E-state index in [0.717, 1.165) is 26.8 Å². The van der Waals surface area contributed by atoms with E-state index in [1.807, 2.05) is 18.2 Å². The molecule has 0 aliphatic carbocycles. The number of nitrogen functional groups attached to an aromatic ring is 1. The van der Waals surface area contributed by atoms with Gasteiger partial charge in [-0.1, -0.05) is 41.4 Å². The van der Waals surface area contributed by atoms with Gasteiger partial charge >= 0.3 is 0 Å². The van der Waals surface area contributed by atoms with E-state index < -0.39 is 0 Å². The van der Waals surface area contributed by atoms with Crippen LogP contribution in [-0.2, 0) is 0 Å². The van der Waals surface area contributed by atoms with Crippen molar-refractivity contribution in [2.45, 2.75) is 19.8 Å². The molecule has 1 aromatic carbocycles. The Morgan fingerprint density at radius 3 is 2.71 bits per heavy atom. The van der Waals surface area contributed by atoms with Crippen LogP contribution in [-0.4, -0.2) is 4.98 Å². The molecule has 0 atom stereocenters. The number of rotatable bonds is 2. The van der Waals surface area contributed by atoms with E-state index in [1.54, 1.807) is 0 Å². The first kappa shape index (κ1) is 12.6. The second-order valence-electron chi connectivity index (χ2n) is 4.15. The van der Waals surface area contributed by atoms with Crippen molar-refractivity contribution in [3.8, 4) is 0 Å². The molecule has 0 aliphatic rings. The van der Waals surface area contributed by atoms with Crippen molar-refractivity contribution in [1.29, 1.82) is 0 Å². The summed E-state index contributed by atoms with van der Waals surface area (Å²) in [5, 5.41) is 1.53. The predicted octanol–water partition coefficient (Wildman–Crippen LogP) is 4.06. The molecule has 0 bridgehead atoms. The van der Waals surface area contributed by atoms with Crippen molar-refractivity contribution < 1.29 is 0 Å². The fourth-order valence-electron chi connectivity index (χ4n) is 1.70. The molecule has 0 unspecified atom stereocenters. The normalized spacial score (nSPS) is 11.2. The van der Waals surface area contributed by atoms with E-state index in [2.05, 4.69) is 40.2 Å². The lowest BCUT2D eigenvalue weighted by atomic mass is 10.1. The number of nitrogens with two attached hydrogens (primary N) is 1. The highest BCUT2D eigenvalue weighted by atomic mass is 79.9. The largest absolute Gasteiger partial charge is 0.323 e. The standard InChI is InChI=1S/C12H13BrClN3/c1-6(2)9-5-10(17-15)11-7(13)3-4-8(14)12(11)16-9/h3-6H,15H2,1-2H3,(H,16,17). The van der Waals surface area contributed by atoms with Crippen molar-refractivity contribution in [3.63, 3.8) is 0 Å². The highest BCUT2D eigenvalue weighted by Crippen LogP contribution is 2.35. The van der Waals surface area contributed by atoms with E-state index in [4.69, 9.17) is 17.4 Å². The Morgan fingerprint density at radius 2 is 2.12 bits per heavy atom. The zero-order chi connectivity index (χ0) is 12.6. The molecule has 3 nitrogen and oxygen atoms in total. The second-order valence-corrected chi connectivity index (χ2v) is 5.41. The molecule has 0 spiro atoms. The summed E-state index contributed by atoms with van der Waals surface area (Å²) in [6, 6.07) is 5.67. The van der Waals surface area contributed by atoms with Crippen LogP contribution in [0.2, 0.25) is 5.02 Å². The van der Waals surface area contributed by atoms with E-state index in [-0.39, 0.29) is 0 Å². The third-order valence-electron chi connectivity index (χ3n) is 2.63. The van der Waals surface area contributed by atoms with Crippen LogP contribution in [0.3, 0.4) is 0 Å². The van der Waals surface area contributed by atoms with E-state index >= 15 is 0 Å². The summed E-state index contributed by atoms with van der Waals surface area (Å²) in [6.45, 7) is 4.17. The summed E-state index contributed by atoms with van der Waals surface area (Å²) in [4.78, 5) is 4.59. The average molecular weight is 315 g/mol. The number of hydrazine groups is 1. The number of nitrogens with one attached hydrogen (secondary N) is 1. The van der Waals surface area contributed by atoms with Gasteiger partial charge in [-0.25, -0.2) is 0 Å². The average Bonchev–Trinajstić information content (AvgIpc) is 2.32. The fourth-order valence-corrected chi connectivity index (χ4v) is 2.43. The zero-order valence-corrected chi connectivity index (χ0v) is 11.9. The van der Waals surface area contributed by atoms with Gasteiger partial charge in [-0.15, -0.1) is 0 Å². The minimum absolute atomic E-state index is 0.321. The number of anilines is 1. The first-order chi connectivity index (χ1) is 8.04. The Bertz CT molecular complexity index is 569. The number of aromatic nitrogens is 1. The lowest BCUT2D eigenvalue weighted by Crippen LogP contribution is -2.09. The lowest BCUT2D eigenvalue weighted by molar-refractivity contribution is 0.830. The Balaban J connectivity index is 2.87. The Morgan fingerprint density at radius 1 is 1.41 bits per heavy atom. The highest BCUT2D eigenvalue weighted by molar-refractivity contribution is 9.10. The Labute approximate surface area is 113 Å². The van der Waals surface area contributed by atoms with Gasteiger partial charge in [0.1, 0.15) is 0 Å². The van der Waals surface area contributed by atoms with Gasteiger partial charge in [0.05, 0.1) is 16.2 Å². The second kappa shape index (κ2) is 4.80. The molecule has 0 radical (unpaired) electrons. The SMILES string of the molecule is CC(C)c1cc(NN)c2c(Br)ccc(Cl)c2n1. The third kappa shape index (κ3) is 2.25. The molecule has 2 aromatic rings. The van der Waals surface area contributed by atoms with Crippen molar-refractivity contribution in [1.82, 2.24) is 4.98 Å². The van der Waals surface area contributed by atoms with Crippen LogP contribution >= 0.6 is 27.5 Å². The number of hydrogen-bond donors (Lipinski definition) is 2. The monoisotopic (exact) mass is 313 g/mol. The molecule has 1 aromatic heterocycles. The Hall–Kier alpha value is -0.840. The molecular weight excluding hydrogens is 302 g/mol. The van der Waals surface area contributed by atoms with Crippen molar-refractivity contribution in [2.75, 3.05) is 5.43 Å². The maximum absolute atomic E-state index is 6.18. The van der Waals surface area contributed by atoms with Crippen LogP contribution in [0.15, 0.2) is 22.7 Å². The molecule has 0 saturated carbocycles. The van der Waals surface area contributed by atoms with E-state index in [0.29, 0.717) is 10.9 Å². The van der Waals surface area contributed by atoms with Gasteiger partial charge in [0, 0.05) is 15.6 Å². The predicted molar refractivity (Wildman–Crippen MR) is 76.4 cm³/mol. The fraction of sp³-hybridized carbons (Fsp3) is 0.250. The molecule has 1 heterocycles. The molecule has 5 heteroatoms. The van der Waals surface area contributed by atoms with Crippen LogP contribution in [0.1, 0.15) is 25.5 Å². The van der Waals surface area contributed by atoms with Crippen molar-refractivity contribution in [2.24, 2.45) is 5.84 Å². The summed E-state index contributed by atoms with van der Waals surface area (Å²) in [5.41, 5.74) is 5.26. The minimum Gasteiger partial charge on any atom is -0.323 e. The molecule has 0 amide bonds. The van der Waals surface area contributed by atoms with Gasteiger partial charge in [-0.05, 0) is 24.1 Å². The summed E-state index contributed by atoms with van der Waals surface area (Å²) in [7, 11) is 0. The van der Waals surface area contributed by atoms with Gasteiger partial charge < -0.3 is 5.43 Å². The molecule has 90 valence electrons. The number of pyridine rings is 1. The van der Waals surface area contributed by atoms with Crippen LogP contribution < -0.4 is 11.3 Å². The molecule has 0 saturated heterocycles. The molecule has 17 heavy (non-hydrogen) atoms. The highest BCUT2D eigenvalue weighted by Gasteiger charge is 2.12. The first-order valence-corrected chi connectivity index (χ1v) is 6.47. The smallest absolute Gasteiger partial charge is 0.0924 e. The minimum atomic E-state index is 0.321. The van der Waals surface area contributed by atoms with Gasteiger partial charge in [0.25, 0.3) is 0 Å². The number of nitrogens with zero attached hydrogens (tertiary/aromatic N) is 1. The summed E-state index contributed by atoms with van der Waals surface area (Å²) in [5.74, 6) is 5.88. The summed E-state index contributed by atoms with van der Waals surface area (Å²) >= 11 is 9.67. The zero-order valence-electron chi connectivity index (χ0n) is 9.59. The first-order valence-electron chi connectivity index (χ1n) is 5.30. The lowest BCUT2D eigenvalue weighted by Gasteiger charge is -2.13. The Kier molecular flexibility index (Phi) is 3.56. The van der Waals surface area contributed by atoms with Gasteiger partial charge in [0.2, 0.25) is 0 Å². The van der Waals surface area contributed by atoms with Crippen molar-refractivity contribution in [3.05, 3.63) is 33.4 Å². The molecule has 2 rings (SSSR count). The topological polar surface area (TPSA) is 50.9 Å². The third-order valence-corrected chi connectivity index (χ3v) is 3.59. The van der Waals surface area contributed by atoms with Crippen LogP contribution in [0.25, 0.3) is 10.9 Å². The number of fused-ring (bicyclic) bond motifs is 1. The summed E-state index contributed by atoms with van der Waals surface area (Å²) < 4.78 is 0.924. The maximum Gasteiger partial charge on any atom is 0.0924 e. The maximum atomic E-state index is 6.18. The van der Waals surface area contributed by atoms with Gasteiger partial charge in [-0.2, -0.15) is 0 Å². The van der Waals surface area contributed by atoms with Crippen LogP contribution in [0, 0.1) is 0 Å². The van der Waals surface area contributed by atoms with Gasteiger partial charge in [-0.3, -0.25) is 10.8 Å². The molecule has 0 fully saturated rings.